The zero-order valence-corrected chi connectivity index (χ0v) is 14.6. The zero-order chi connectivity index (χ0) is 17.4. The van der Waals surface area contributed by atoms with Crippen molar-refractivity contribution in [2.75, 3.05) is 37.6 Å². The van der Waals surface area contributed by atoms with Crippen molar-refractivity contribution >= 4 is 40.7 Å². The Labute approximate surface area is 149 Å². The summed E-state index contributed by atoms with van der Waals surface area (Å²) < 4.78 is 13.3. The first-order valence-electron chi connectivity index (χ1n) is 7.76. The van der Waals surface area contributed by atoms with Crippen molar-refractivity contribution in [1.82, 2.24) is 4.90 Å². The topological polar surface area (TPSA) is 45.1 Å². The van der Waals surface area contributed by atoms with Crippen molar-refractivity contribution in [2.45, 2.75) is 6.92 Å². The maximum atomic E-state index is 13.3. The molecule has 24 heavy (non-hydrogen) atoms. The summed E-state index contributed by atoms with van der Waals surface area (Å²) in [5.74, 6) is -1.71. The first-order valence-corrected chi connectivity index (χ1v) is 8.51. The monoisotopic (exact) mass is 372 g/mol. The van der Waals surface area contributed by atoms with E-state index in [-0.39, 0.29) is 21.4 Å². The Morgan fingerprint density at radius 3 is 2.42 bits per heavy atom. The highest BCUT2D eigenvalue weighted by Crippen LogP contribution is 2.32. The minimum absolute atomic E-state index is 0.0969. The van der Waals surface area contributed by atoms with E-state index in [1.807, 2.05) is 4.90 Å². The van der Waals surface area contributed by atoms with Crippen molar-refractivity contribution < 1.29 is 18.9 Å². The fraction of sp³-hybridized carbons (Fsp3) is 0.375. The van der Waals surface area contributed by atoms with Gasteiger partial charge in [0.15, 0.2) is 0 Å². The average molecular weight is 373 g/mol. The Bertz CT molecular complexity index is 730. The van der Waals surface area contributed by atoms with Crippen LogP contribution in [0.5, 0.6) is 0 Å². The van der Waals surface area contributed by atoms with E-state index in [4.69, 9.17) is 23.2 Å². The second-order valence-corrected chi connectivity index (χ2v) is 6.58. The number of nitrogens with zero attached hydrogens (tertiary/aromatic N) is 2. The standard InChI is InChI=1S/C16H16Cl2FN3O2/c1-2-20-5-7-21(8-6-20)14-13(18)15(23)22(16(14)24)10-3-4-12(19)11(17)9-10/h3-4,9H,2,5-8H2,1H3/p+1. The predicted molar refractivity (Wildman–Crippen MR) is 89.6 cm³/mol. The number of imide groups is 1. The zero-order valence-electron chi connectivity index (χ0n) is 13.1. The molecule has 3 rings (SSSR count). The van der Waals surface area contributed by atoms with Gasteiger partial charge in [-0.05, 0) is 25.1 Å². The molecule has 0 saturated carbocycles. The number of piperazine rings is 1. The number of hydrogen-bond acceptors (Lipinski definition) is 3. The van der Waals surface area contributed by atoms with Crippen LogP contribution in [0.4, 0.5) is 10.1 Å². The molecule has 0 unspecified atom stereocenters. The van der Waals surface area contributed by atoms with Crippen molar-refractivity contribution in [3.8, 4) is 0 Å². The van der Waals surface area contributed by atoms with E-state index in [1.54, 1.807) is 0 Å². The van der Waals surface area contributed by atoms with Gasteiger partial charge in [0.1, 0.15) is 16.5 Å². The van der Waals surface area contributed by atoms with E-state index >= 15 is 0 Å². The molecule has 0 aliphatic carbocycles. The summed E-state index contributed by atoms with van der Waals surface area (Å²) in [6.07, 6.45) is 0. The summed E-state index contributed by atoms with van der Waals surface area (Å²) in [6, 6.07) is 3.70. The number of likely N-dealkylation sites (N-methyl/N-ethyl adjacent to an activating group) is 1. The number of quaternary nitrogens is 1. The lowest BCUT2D eigenvalue weighted by atomic mass is 10.2. The van der Waals surface area contributed by atoms with Crippen molar-refractivity contribution in [2.24, 2.45) is 0 Å². The van der Waals surface area contributed by atoms with Gasteiger partial charge in [-0.1, -0.05) is 23.2 Å². The van der Waals surface area contributed by atoms with E-state index in [0.29, 0.717) is 13.1 Å². The van der Waals surface area contributed by atoms with Gasteiger partial charge in [-0.25, -0.2) is 9.29 Å². The summed E-state index contributed by atoms with van der Waals surface area (Å²) in [7, 11) is 0. The minimum atomic E-state index is -0.613. The molecule has 2 amide bonds. The van der Waals surface area contributed by atoms with Crippen LogP contribution in [0.1, 0.15) is 6.92 Å². The number of rotatable bonds is 3. The second kappa shape index (κ2) is 6.70. The lowest BCUT2D eigenvalue weighted by molar-refractivity contribution is -0.902. The van der Waals surface area contributed by atoms with E-state index in [2.05, 4.69) is 6.92 Å². The molecule has 0 aromatic heterocycles. The maximum absolute atomic E-state index is 13.3. The minimum Gasteiger partial charge on any atom is -0.354 e. The predicted octanol–water partition coefficient (Wildman–Crippen LogP) is 1.02. The van der Waals surface area contributed by atoms with Gasteiger partial charge in [0.2, 0.25) is 0 Å². The molecular weight excluding hydrogens is 356 g/mol. The number of carbonyl (C=O) groups excluding carboxylic acids is 2. The molecule has 2 heterocycles. The highest BCUT2D eigenvalue weighted by Gasteiger charge is 2.42. The average Bonchev–Trinajstić information content (AvgIpc) is 2.80. The molecule has 1 aromatic carbocycles. The van der Waals surface area contributed by atoms with E-state index in [0.717, 1.165) is 30.6 Å². The molecule has 0 bridgehead atoms. The number of halogens is 3. The van der Waals surface area contributed by atoms with Gasteiger partial charge < -0.3 is 9.80 Å². The van der Waals surface area contributed by atoms with Crippen molar-refractivity contribution in [1.29, 1.82) is 0 Å². The molecule has 1 saturated heterocycles. The van der Waals surface area contributed by atoms with Crippen LogP contribution in [0.2, 0.25) is 5.02 Å². The molecular formula is C16H17Cl2FN3O2+. The van der Waals surface area contributed by atoms with Gasteiger partial charge in [0, 0.05) is 0 Å². The van der Waals surface area contributed by atoms with E-state index < -0.39 is 17.6 Å². The van der Waals surface area contributed by atoms with Crippen molar-refractivity contribution in [3.63, 3.8) is 0 Å². The highest BCUT2D eigenvalue weighted by atomic mass is 35.5. The normalized spacial score (nSPS) is 19.7. The number of carbonyl (C=O) groups is 2. The molecule has 2 aliphatic heterocycles. The lowest BCUT2D eigenvalue weighted by Crippen LogP contribution is -3.14. The SMILES string of the molecule is CC[NH+]1CCN(C2=C(Cl)C(=O)N(c3ccc(F)c(Cl)c3)C2=O)CC1. The van der Waals surface area contributed by atoms with Crippen LogP contribution in [-0.2, 0) is 9.59 Å². The first-order chi connectivity index (χ1) is 11.4. The van der Waals surface area contributed by atoms with Gasteiger partial charge in [0.25, 0.3) is 11.8 Å². The molecule has 8 heteroatoms. The van der Waals surface area contributed by atoms with Gasteiger partial charge in [0.05, 0.1) is 43.4 Å². The Morgan fingerprint density at radius 1 is 1.17 bits per heavy atom. The largest absolute Gasteiger partial charge is 0.354 e. The summed E-state index contributed by atoms with van der Waals surface area (Å²) in [6.45, 7) is 6.22. The van der Waals surface area contributed by atoms with Gasteiger partial charge in [-0.2, -0.15) is 0 Å². The summed E-state index contributed by atoms with van der Waals surface area (Å²) in [5, 5.41) is -0.252. The third-order valence-electron chi connectivity index (χ3n) is 4.45. The van der Waals surface area contributed by atoms with Crippen LogP contribution >= 0.6 is 23.2 Å². The number of hydrogen-bond donors (Lipinski definition) is 1. The highest BCUT2D eigenvalue weighted by molar-refractivity contribution is 6.52. The smallest absolute Gasteiger partial charge is 0.283 e. The fourth-order valence-electron chi connectivity index (χ4n) is 3.02. The van der Waals surface area contributed by atoms with Crippen molar-refractivity contribution in [3.05, 3.63) is 39.8 Å². The molecule has 0 spiro atoms. The van der Waals surface area contributed by atoms with Gasteiger partial charge >= 0.3 is 0 Å². The van der Waals surface area contributed by atoms with Crippen LogP contribution < -0.4 is 9.80 Å². The molecule has 5 nitrogen and oxygen atoms in total. The fourth-order valence-corrected chi connectivity index (χ4v) is 3.48. The molecule has 1 N–H and O–H groups in total. The molecule has 0 radical (unpaired) electrons. The number of anilines is 1. The Hall–Kier alpha value is -1.63. The van der Waals surface area contributed by atoms with E-state index in [1.165, 1.54) is 17.0 Å². The third kappa shape index (κ3) is 2.90. The maximum Gasteiger partial charge on any atom is 0.283 e. The first kappa shape index (κ1) is 17.2. The summed E-state index contributed by atoms with van der Waals surface area (Å²) in [4.78, 5) is 29.4. The van der Waals surface area contributed by atoms with Crippen LogP contribution in [0.25, 0.3) is 0 Å². The molecule has 0 atom stereocenters. The number of nitrogens with one attached hydrogen (secondary N) is 1. The molecule has 1 aromatic rings. The summed E-state index contributed by atoms with van der Waals surface area (Å²) in [5.41, 5.74) is 0.430. The van der Waals surface area contributed by atoms with E-state index in [9.17, 15) is 14.0 Å². The summed E-state index contributed by atoms with van der Waals surface area (Å²) >= 11 is 11.9. The second-order valence-electron chi connectivity index (χ2n) is 5.80. The Kier molecular flexibility index (Phi) is 4.80. The Morgan fingerprint density at radius 2 is 1.83 bits per heavy atom. The molecule has 2 aliphatic rings. The van der Waals surface area contributed by atoms with Crippen LogP contribution in [-0.4, -0.2) is 49.4 Å². The quantitative estimate of drug-likeness (QED) is 0.805. The van der Waals surface area contributed by atoms with Gasteiger partial charge in [-0.3, -0.25) is 9.59 Å². The lowest BCUT2D eigenvalue weighted by Gasteiger charge is -2.33. The van der Waals surface area contributed by atoms with Gasteiger partial charge in [-0.15, -0.1) is 0 Å². The Balaban J connectivity index is 1.86. The van der Waals surface area contributed by atoms with Crippen LogP contribution in [0, 0.1) is 5.82 Å². The molecule has 128 valence electrons. The van der Waals surface area contributed by atoms with Crippen LogP contribution in [0.3, 0.4) is 0 Å². The van der Waals surface area contributed by atoms with Crippen LogP contribution in [0.15, 0.2) is 28.9 Å². The third-order valence-corrected chi connectivity index (χ3v) is 5.08. The number of amides is 2. The molecule has 1 fully saturated rings. The number of benzene rings is 1.